The van der Waals surface area contributed by atoms with Gasteiger partial charge in [-0.05, 0) is 25.0 Å². The van der Waals surface area contributed by atoms with E-state index in [1.807, 2.05) is 19.1 Å². The van der Waals surface area contributed by atoms with Gasteiger partial charge in [-0.3, -0.25) is 4.79 Å². The van der Waals surface area contributed by atoms with Crippen LogP contribution in [0.5, 0.6) is 5.75 Å². The highest BCUT2D eigenvalue weighted by atomic mass is 16.3. The van der Waals surface area contributed by atoms with Crippen molar-refractivity contribution in [3.63, 3.8) is 0 Å². The summed E-state index contributed by atoms with van der Waals surface area (Å²) in [7, 11) is 0. The number of hydrogen-bond donors (Lipinski definition) is 2. The zero-order chi connectivity index (χ0) is 10.6. The molecule has 0 saturated carbocycles. The van der Waals surface area contributed by atoms with Crippen LogP contribution in [0.3, 0.4) is 0 Å². The van der Waals surface area contributed by atoms with Crippen molar-refractivity contribution >= 4 is 5.91 Å². The summed E-state index contributed by atoms with van der Waals surface area (Å²) in [5, 5.41) is 12.2. The van der Waals surface area contributed by atoms with Crippen molar-refractivity contribution < 1.29 is 9.90 Å². The molecule has 1 unspecified atom stereocenters. The van der Waals surface area contributed by atoms with Gasteiger partial charge in [0.1, 0.15) is 5.75 Å². The summed E-state index contributed by atoms with van der Waals surface area (Å²) in [5.41, 5.74) is 0.855. The lowest BCUT2D eigenvalue weighted by Crippen LogP contribution is -2.32. The lowest BCUT2D eigenvalue weighted by molar-refractivity contribution is -0.119. The maximum Gasteiger partial charge on any atom is 0.217 e. The summed E-state index contributed by atoms with van der Waals surface area (Å²) >= 11 is 0. The Morgan fingerprint density at radius 3 is 2.71 bits per heavy atom. The average Bonchev–Trinajstić information content (AvgIpc) is 2.07. The van der Waals surface area contributed by atoms with Gasteiger partial charge >= 0.3 is 0 Å². The van der Waals surface area contributed by atoms with Gasteiger partial charge in [-0.15, -0.1) is 0 Å². The minimum Gasteiger partial charge on any atom is -0.508 e. The van der Waals surface area contributed by atoms with Crippen molar-refractivity contribution in [2.45, 2.75) is 26.3 Å². The molecule has 3 nitrogen and oxygen atoms in total. The smallest absolute Gasteiger partial charge is 0.217 e. The lowest BCUT2D eigenvalue weighted by atomic mass is 10.1. The first kappa shape index (κ1) is 10.6. The Morgan fingerprint density at radius 2 is 2.14 bits per heavy atom. The summed E-state index contributed by atoms with van der Waals surface area (Å²) in [6.45, 7) is 3.40. The van der Waals surface area contributed by atoms with E-state index in [2.05, 4.69) is 5.32 Å². The van der Waals surface area contributed by atoms with Crippen LogP contribution in [0.1, 0.15) is 19.4 Å². The molecule has 0 fully saturated rings. The highest BCUT2D eigenvalue weighted by molar-refractivity contribution is 5.73. The third-order valence-corrected chi connectivity index (χ3v) is 1.97. The van der Waals surface area contributed by atoms with E-state index in [1.54, 1.807) is 12.1 Å². The number of phenols is 1. The largest absolute Gasteiger partial charge is 0.508 e. The molecule has 0 spiro atoms. The monoisotopic (exact) mass is 193 g/mol. The molecule has 3 heteroatoms. The van der Waals surface area contributed by atoms with Crippen molar-refractivity contribution in [3.05, 3.63) is 29.8 Å². The quantitative estimate of drug-likeness (QED) is 0.763. The summed E-state index contributed by atoms with van der Waals surface area (Å²) < 4.78 is 0. The van der Waals surface area contributed by atoms with Crippen molar-refractivity contribution in [3.8, 4) is 5.75 Å². The van der Waals surface area contributed by atoms with Crippen LogP contribution in [0, 0.1) is 0 Å². The van der Waals surface area contributed by atoms with Crippen molar-refractivity contribution in [2.75, 3.05) is 0 Å². The Bertz CT molecular complexity index is 323. The number of aromatic hydroxyl groups is 1. The van der Waals surface area contributed by atoms with Crippen LogP contribution in [0.4, 0.5) is 0 Å². The molecular weight excluding hydrogens is 178 g/mol. The van der Waals surface area contributed by atoms with Crippen LogP contribution in [-0.4, -0.2) is 17.1 Å². The fourth-order valence-corrected chi connectivity index (χ4v) is 1.41. The summed E-state index contributed by atoms with van der Waals surface area (Å²) in [6.07, 6.45) is 0.645. The van der Waals surface area contributed by atoms with Gasteiger partial charge in [0.2, 0.25) is 5.91 Å². The van der Waals surface area contributed by atoms with Gasteiger partial charge in [0, 0.05) is 13.0 Å². The molecule has 1 rings (SSSR count). The molecule has 1 atom stereocenters. The number of nitrogens with one attached hydrogen (secondary N) is 1. The Hall–Kier alpha value is -1.51. The lowest BCUT2D eigenvalue weighted by Gasteiger charge is -2.12. The number of rotatable bonds is 3. The standard InChI is InChI=1S/C11H15NO2/c1-8(12-9(2)13)7-10-5-3-4-6-11(10)14/h3-6,8,14H,7H2,1-2H3,(H,12,13). The third kappa shape index (κ3) is 3.09. The third-order valence-electron chi connectivity index (χ3n) is 1.97. The maximum absolute atomic E-state index is 10.8. The van der Waals surface area contributed by atoms with Gasteiger partial charge in [0.05, 0.1) is 0 Å². The summed E-state index contributed by atoms with van der Waals surface area (Å²) in [4.78, 5) is 10.8. The second-order valence-electron chi connectivity index (χ2n) is 3.43. The van der Waals surface area contributed by atoms with Crippen LogP contribution in [0.2, 0.25) is 0 Å². The van der Waals surface area contributed by atoms with E-state index in [0.29, 0.717) is 6.42 Å². The van der Waals surface area contributed by atoms with Gasteiger partial charge in [-0.1, -0.05) is 18.2 Å². The molecule has 0 bridgehead atoms. The van der Waals surface area contributed by atoms with Crippen LogP contribution in [0.25, 0.3) is 0 Å². The van der Waals surface area contributed by atoms with Crippen LogP contribution in [0.15, 0.2) is 24.3 Å². The molecule has 0 radical (unpaired) electrons. The number of carbonyl (C=O) groups is 1. The number of carbonyl (C=O) groups excluding carboxylic acids is 1. The number of para-hydroxylation sites is 1. The molecule has 0 saturated heterocycles. The van der Waals surface area contributed by atoms with E-state index in [4.69, 9.17) is 0 Å². The molecule has 0 aromatic heterocycles. The zero-order valence-corrected chi connectivity index (χ0v) is 8.45. The number of benzene rings is 1. The molecule has 0 heterocycles. The minimum atomic E-state index is -0.0482. The second-order valence-corrected chi connectivity index (χ2v) is 3.43. The molecule has 0 aliphatic rings. The van der Waals surface area contributed by atoms with Crippen molar-refractivity contribution in [2.24, 2.45) is 0 Å². The van der Waals surface area contributed by atoms with E-state index < -0.39 is 0 Å². The van der Waals surface area contributed by atoms with E-state index in [-0.39, 0.29) is 17.7 Å². The Morgan fingerprint density at radius 1 is 1.50 bits per heavy atom. The van der Waals surface area contributed by atoms with E-state index in [1.165, 1.54) is 6.92 Å². The first-order valence-electron chi connectivity index (χ1n) is 4.63. The Balaban J connectivity index is 2.60. The van der Waals surface area contributed by atoms with Crippen molar-refractivity contribution in [1.29, 1.82) is 0 Å². The molecule has 1 aromatic carbocycles. The summed E-state index contributed by atoms with van der Waals surface area (Å²) in [5.74, 6) is 0.234. The van der Waals surface area contributed by atoms with Crippen LogP contribution < -0.4 is 5.32 Å². The number of hydrogen-bond acceptors (Lipinski definition) is 2. The van der Waals surface area contributed by atoms with Gasteiger partial charge in [-0.25, -0.2) is 0 Å². The molecule has 1 amide bonds. The highest BCUT2D eigenvalue weighted by Crippen LogP contribution is 2.16. The predicted molar refractivity (Wildman–Crippen MR) is 55.1 cm³/mol. The maximum atomic E-state index is 10.8. The molecule has 76 valence electrons. The average molecular weight is 193 g/mol. The van der Waals surface area contributed by atoms with Crippen LogP contribution in [-0.2, 0) is 11.2 Å². The second kappa shape index (κ2) is 4.65. The Kier molecular flexibility index (Phi) is 3.51. The predicted octanol–water partition coefficient (Wildman–Crippen LogP) is 1.46. The van der Waals surface area contributed by atoms with Gasteiger partial charge < -0.3 is 10.4 Å². The molecule has 14 heavy (non-hydrogen) atoms. The molecule has 0 aliphatic carbocycles. The van der Waals surface area contributed by atoms with Crippen molar-refractivity contribution in [1.82, 2.24) is 5.32 Å². The van der Waals surface area contributed by atoms with E-state index in [9.17, 15) is 9.90 Å². The Labute approximate surface area is 83.8 Å². The number of amides is 1. The van der Waals surface area contributed by atoms with Gasteiger partial charge in [0.25, 0.3) is 0 Å². The first-order chi connectivity index (χ1) is 6.59. The molecule has 1 aromatic rings. The number of phenolic OH excluding ortho intramolecular Hbond substituents is 1. The normalized spacial score (nSPS) is 12.1. The fourth-order valence-electron chi connectivity index (χ4n) is 1.41. The van der Waals surface area contributed by atoms with E-state index >= 15 is 0 Å². The summed E-state index contributed by atoms with van der Waals surface area (Å²) in [6, 6.07) is 7.20. The van der Waals surface area contributed by atoms with E-state index in [0.717, 1.165) is 5.56 Å². The molecule has 2 N–H and O–H groups in total. The van der Waals surface area contributed by atoms with Crippen LogP contribution >= 0.6 is 0 Å². The topological polar surface area (TPSA) is 49.3 Å². The fraction of sp³-hybridized carbons (Fsp3) is 0.364. The molecule has 0 aliphatic heterocycles. The van der Waals surface area contributed by atoms with Gasteiger partial charge in [-0.2, -0.15) is 0 Å². The SMILES string of the molecule is CC(=O)NC(C)Cc1ccccc1O. The van der Waals surface area contributed by atoms with Gasteiger partial charge in [0.15, 0.2) is 0 Å². The highest BCUT2D eigenvalue weighted by Gasteiger charge is 2.07. The first-order valence-corrected chi connectivity index (χ1v) is 4.63. The molecular formula is C11H15NO2. The minimum absolute atomic E-state index is 0.0424. The zero-order valence-electron chi connectivity index (χ0n) is 8.45.